The summed E-state index contributed by atoms with van der Waals surface area (Å²) >= 11 is 10.9. The van der Waals surface area contributed by atoms with Crippen molar-refractivity contribution in [3.63, 3.8) is 0 Å². The molecule has 1 aromatic carbocycles. The van der Waals surface area contributed by atoms with Gasteiger partial charge in [-0.25, -0.2) is 4.39 Å². The van der Waals surface area contributed by atoms with E-state index in [9.17, 15) is 9.18 Å². The summed E-state index contributed by atoms with van der Waals surface area (Å²) in [4.78, 5) is 13.1. The topological polar surface area (TPSA) is 22.0 Å². The van der Waals surface area contributed by atoms with Crippen LogP contribution < -0.4 is 5.56 Å². The largest absolute Gasteiger partial charge is 0.306 e. The fraction of sp³-hybridized carbons (Fsp3) is 0.214. The van der Waals surface area contributed by atoms with Crippen molar-refractivity contribution in [2.45, 2.75) is 18.4 Å². The normalized spacial score (nSPS) is 10.8. The molecular weight excluding hydrogens is 365 g/mol. The molecule has 0 N–H and O–H groups in total. The molecule has 106 valence electrons. The predicted molar refractivity (Wildman–Crippen MR) is 86.3 cm³/mol. The molecule has 0 aliphatic heterocycles. The number of hydrogen-bond acceptors (Lipinski definition) is 2. The summed E-state index contributed by atoms with van der Waals surface area (Å²) in [5.74, 6) is -0.396. The maximum atomic E-state index is 13.2. The molecule has 0 unspecified atom stereocenters. The number of pyridine rings is 1. The van der Waals surface area contributed by atoms with Gasteiger partial charge >= 0.3 is 0 Å². The first-order valence-corrected chi connectivity index (χ1v) is 8.32. The Labute approximate surface area is 134 Å². The molecule has 2 nitrogen and oxygen atoms in total. The van der Waals surface area contributed by atoms with Crippen molar-refractivity contribution in [1.29, 1.82) is 0 Å². The average molecular weight is 377 g/mol. The molecule has 6 heteroatoms. The van der Waals surface area contributed by atoms with Crippen LogP contribution in [-0.2, 0) is 6.54 Å². The van der Waals surface area contributed by atoms with Gasteiger partial charge in [-0.15, -0.1) is 11.8 Å². The average Bonchev–Trinajstić information content (AvgIpc) is 2.42. The third-order valence-electron chi connectivity index (χ3n) is 2.93. The van der Waals surface area contributed by atoms with Gasteiger partial charge in [-0.1, -0.05) is 11.6 Å². The van der Waals surface area contributed by atoms with Gasteiger partial charge in [0.15, 0.2) is 0 Å². The Balaban J connectivity index is 2.84. The number of aromatic nitrogens is 1. The molecule has 2 aromatic rings. The first-order chi connectivity index (χ1) is 9.49. The zero-order valence-electron chi connectivity index (χ0n) is 10.9. The summed E-state index contributed by atoms with van der Waals surface area (Å²) in [5, 5.41) is 0.296. The molecule has 0 fully saturated rings. The zero-order chi connectivity index (χ0) is 14.9. The number of hydrogen-bond donors (Lipinski definition) is 0. The molecule has 0 saturated carbocycles. The Bertz CT molecular complexity index is 717. The minimum Gasteiger partial charge on any atom is -0.306 e. The van der Waals surface area contributed by atoms with Crippen LogP contribution in [0.4, 0.5) is 4.39 Å². The molecule has 0 amide bonds. The van der Waals surface area contributed by atoms with Gasteiger partial charge in [0, 0.05) is 17.0 Å². The summed E-state index contributed by atoms with van der Waals surface area (Å²) in [7, 11) is 0. The quantitative estimate of drug-likeness (QED) is 0.717. The van der Waals surface area contributed by atoms with Crippen LogP contribution in [0, 0.1) is 5.82 Å². The van der Waals surface area contributed by atoms with Gasteiger partial charge in [-0.3, -0.25) is 4.79 Å². The van der Waals surface area contributed by atoms with E-state index in [1.807, 2.05) is 13.2 Å². The van der Waals surface area contributed by atoms with Crippen LogP contribution in [0.3, 0.4) is 0 Å². The van der Waals surface area contributed by atoms with Crippen LogP contribution in [0.5, 0.6) is 0 Å². The van der Waals surface area contributed by atoms with Gasteiger partial charge in [0.1, 0.15) is 5.82 Å². The van der Waals surface area contributed by atoms with E-state index in [1.54, 1.807) is 16.7 Å². The molecule has 0 radical (unpaired) electrons. The smallest absolute Gasteiger partial charge is 0.265 e. The molecular formula is C14H12BrClFNOS. The lowest BCUT2D eigenvalue weighted by molar-refractivity contribution is 0.628. The highest BCUT2D eigenvalue weighted by Gasteiger charge is 2.16. The predicted octanol–water partition coefficient (Wildman–Crippen LogP) is 4.81. The second-order valence-corrected chi connectivity index (χ2v) is 6.19. The molecule has 0 aliphatic carbocycles. The zero-order valence-corrected chi connectivity index (χ0v) is 14.1. The van der Waals surface area contributed by atoms with E-state index in [-0.39, 0.29) is 5.56 Å². The maximum absolute atomic E-state index is 13.2. The Morgan fingerprint density at radius 2 is 2.10 bits per heavy atom. The second-order valence-electron chi connectivity index (χ2n) is 4.08. The van der Waals surface area contributed by atoms with E-state index in [0.29, 0.717) is 21.6 Å². The van der Waals surface area contributed by atoms with Gasteiger partial charge in [0.05, 0.1) is 15.2 Å². The van der Waals surface area contributed by atoms with Gasteiger partial charge in [-0.05, 0) is 53.4 Å². The highest BCUT2D eigenvalue weighted by molar-refractivity contribution is 9.10. The van der Waals surface area contributed by atoms with Crippen LogP contribution in [0.1, 0.15) is 6.92 Å². The third-order valence-corrected chi connectivity index (χ3v) is 4.56. The summed E-state index contributed by atoms with van der Waals surface area (Å²) in [5.41, 5.74) is 1.25. The second kappa shape index (κ2) is 6.33. The van der Waals surface area contributed by atoms with Crippen molar-refractivity contribution in [2.24, 2.45) is 0 Å². The molecule has 1 heterocycles. The van der Waals surface area contributed by atoms with Crippen LogP contribution in [0.2, 0.25) is 5.02 Å². The number of nitrogens with zero attached hydrogens (tertiary/aromatic N) is 1. The van der Waals surface area contributed by atoms with Crippen LogP contribution >= 0.6 is 39.3 Å². The molecule has 0 aliphatic rings. The van der Waals surface area contributed by atoms with E-state index in [1.165, 1.54) is 23.9 Å². The van der Waals surface area contributed by atoms with Crippen molar-refractivity contribution >= 4 is 39.3 Å². The van der Waals surface area contributed by atoms with Crippen molar-refractivity contribution in [2.75, 3.05) is 6.26 Å². The Hall–Kier alpha value is -0.780. The molecule has 0 bridgehead atoms. The minimum atomic E-state index is -0.396. The Kier molecular flexibility index (Phi) is 4.94. The summed E-state index contributed by atoms with van der Waals surface area (Å²) in [6.45, 7) is 2.40. The van der Waals surface area contributed by atoms with Crippen molar-refractivity contribution in [3.8, 4) is 11.3 Å². The molecule has 1 aromatic heterocycles. The summed E-state index contributed by atoms with van der Waals surface area (Å²) in [6, 6.07) is 5.98. The number of thioether (sulfide) groups is 1. The van der Waals surface area contributed by atoms with Gasteiger partial charge < -0.3 is 4.57 Å². The first-order valence-electron chi connectivity index (χ1n) is 5.92. The lowest BCUT2D eigenvalue weighted by Crippen LogP contribution is -2.22. The fourth-order valence-electron chi connectivity index (χ4n) is 2.03. The molecule has 0 atom stereocenters. The first kappa shape index (κ1) is 15.6. The fourth-order valence-corrected chi connectivity index (χ4v) is 3.53. The third kappa shape index (κ3) is 2.80. The lowest BCUT2D eigenvalue weighted by Gasteiger charge is -2.17. The van der Waals surface area contributed by atoms with E-state index in [2.05, 4.69) is 15.9 Å². The Morgan fingerprint density at radius 1 is 1.40 bits per heavy atom. The monoisotopic (exact) mass is 375 g/mol. The Morgan fingerprint density at radius 3 is 2.65 bits per heavy atom. The van der Waals surface area contributed by atoms with Gasteiger partial charge in [0.2, 0.25) is 0 Å². The SMILES string of the molecule is CCn1c(-c2ccc(F)cc2Cl)c(SC)cc(Br)c1=O. The number of benzene rings is 1. The summed E-state index contributed by atoms with van der Waals surface area (Å²) in [6.07, 6.45) is 1.92. The van der Waals surface area contributed by atoms with Crippen LogP contribution in [-0.4, -0.2) is 10.8 Å². The van der Waals surface area contributed by atoms with E-state index >= 15 is 0 Å². The van der Waals surface area contributed by atoms with E-state index in [4.69, 9.17) is 11.6 Å². The van der Waals surface area contributed by atoms with E-state index in [0.717, 1.165) is 10.6 Å². The van der Waals surface area contributed by atoms with Crippen molar-refractivity contribution in [3.05, 3.63) is 49.9 Å². The van der Waals surface area contributed by atoms with Crippen LogP contribution in [0.15, 0.2) is 38.4 Å². The van der Waals surface area contributed by atoms with Crippen LogP contribution in [0.25, 0.3) is 11.3 Å². The standard InChI is InChI=1S/C14H12BrClFNOS/c1-3-18-13(9-5-4-8(17)6-11(9)16)12(20-2)7-10(15)14(18)19/h4-7H,3H2,1-2H3. The van der Waals surface area contributed by atoms with Gasteiger partial charge in [-0.2, -0.15) is 0 Å². The number of halogens is 3. The van der Waals surface area contributed by atoms with E-state index < -0.39 is 5.82 Å². The molecule has 2 rings (SSSR count). The maximum Gasteiger partial charge on any atom is 0.265 e. The highest BCUT2D eigenvalue weighted by Crippen LogP contribution is 2.35. The van der Waals surface area contributed by atoms with Crippen molar-refractivity contribution in [1.82, 2.24) is 4.57 Å². The summed E-state index contributed by atoms with van der Waals surface area (Å²) < 4.78 is 15.3. The van der Waals surface area contributed by atoms with Gasteiger partial charge in [0.25, 0.3) is 5.56 Å². The van der Waals surface area contributed by atoms with Crippen molar-refractivity contribution < 1.29 is 4.39 Å². The molecule has 20 heavy (non-hydrogen) atoms. The number of rotatable bonds is 3. The highest BCUT2D eigenvalue weighted by atomic mass is 79.9. The molecule has 0 spiro atoms. The minimum absolute atomic E-state index is 0.124. The molecule has 0 saturated heterocycles. The lowest BCUT2D eigenvalue weighted by atomic mass is 10.1.